The van der Waals surface area contributed by atoms with Gasteiger partial charge >= 0.3 is 0 Å². The first-order valence-corrected chi connectivity index (χ1v) is 8.68. The largest absolute Gasteiger partial charge is 0.348 e. The molecule has 0 aliphatic heterocycles. The van der Waals surface area contributed by atoms with E-state index in [1.165, 1.54) is 18.4 Å². The lowest BCUT2D eigenvalue weighted by atomic mass is 9.99. The van der Waals surface area contributed by atoms with Gasteiger partial charge in [-0.25, -0.2) is 0 Å². The number of nitrogens with one attached hydrogen (secondary N) is 1. The van der Waals surface area contributed by atoms with E-state index in [9.17, 15) is 4.79 Å². The molecule has 126 valence electrons. The second-order valence-electron chi connectivity index (χ2n) is 6.57. The minimum absolute atomic E-state index is 0.000798. The number of rotatable bonds is 5. The van der Waals surface area contributed by atoms with Gasteiger partial charge in [-0.1, -0.05) is 23.8 Å². The van der Waals surface area contributed by atoms with Crippen molar-refractivity contribution in [2.45, 2.75) is 46.1 Å². The number of carbonyl (C=O) groups is 1. The summed E-state index contributed by atoms with van der Waals surface area (Å²) in [5.74, 6) is -0.000798. The molecule has 0 saturated heterocycles. The highest BCUT2D eigenvalue weighted by Crippen LogP contribution is 2.16. The number of benzene rings is 1. The number of nitrogens with zero attached hydrogens (tertiary/aromatic N) is 2. The summed E-state index contributed by atoms with van der Waals surface area (Å²) in [6.45, 7) is 5.46. The Kier molecular flexibility index (Phi) is 5.14. The molecule has 1 aliphatic rings. The molecule has 0 spiro atoms. The summed E-state index contributed by atoms with van der Waals surface area (Å²) in [5.41, 5.74) is 5.39. The molecule has 0 bridgehead atoms. The predicted octanol–water partition coefficient (Wildman–Crippen LogP) is 3.78. The van der Waals surface area contributed by atoms with Crippen molar-refractivity contribution < 1.29 is 4.79 Å². The Morgan fingerprint density at radius 1 is 1.21 bits per heavy atom. The summed E-state index contributed by atoms with van der Waals surface area (Å²) in [7, 11) is 0. The van der Waals surface area contributed by atoms with Crippen LogP contribution in [-0.4, -0.2) is 22.2 Å². The van der Waals surface area contributed by atoms with Crippen molar-refractivity contribution in [2.75, 3.05) is 6.54 Å². The second-order valence-corrected chi connectivity index (χ2v) is 6.57. The maximum atomic E-state index is 12.3. The highest BCUT2D eigenvalue weighted by molar-refractivity contribution is 5.94. The van der Waals surface area contributed by atoms with Crippen LogP contribution in [0.25, 0.3) is 0 Å². The first-order valence-electron chi connectivity index (χ1n) is 8.68. The highest BCUT2D eigenvalue weighted by Gasteiger charge is 2.09. The average Bonchev–Trinajstić information content (AvgIpc) is 2.91. The Hall–Kier alpha value is -2.36. The number of hydrogen-bond acceptors (Lipinski definition) is 2. The monoisotopic (exact) mass is 323 g/mol. The fraction of sp³-hybridized carbons (Fsp3) is 0.400. The average molecular weight is 323 g/mol. The minimum atomic E-state index is -0.000798. The van der Waals surface area contributed by atoms with Gasteiger partial charge in [-0.3, -0.25) is 9.48 Å². The molecule has 1 aromatic carbocycles. The molecule has 2 aromatic rings. The summed E-state index contributed by atoms with van der Waals surface area (Å²) in [4.78, 5) is 12.3. The van der Waals surface area contributed by atoms with Crippen molar-refractivity contribution in [3.8, 4) is 0 Å². The molecule has 24 heavy (non-hydrogen) atoms. The van der Waals surface area contributed by atoms with Gasteiger partial charge in [-0.05, 0) is 63.3 Å². The van der Waals surface area contributed by atoms with Crippen LogP contribution in [0, 0.1) is 13.8 Å². The van der Waals surface area contributed by atoms with Gasteiger partial charge in [-0.15, -0.1) is 0 Å². The maximum absolute atomic E-state index is 12.3. The second kappa shape index (κ2) is 7.47. The van der Waals surface area contributed by atoms with Crippen LogP contribution in [0.5, 0.6) is 0 Å². The van der Waals surface area contributed by atoms with Crippen molar-refractivity contribution >= 4 is 5.91 Å². The Morgan fingerprint density at radius 2 is 2.00 bits per heavy atom. The molecule has 4 heteroatoms. The molecule has 1 heterocycles. The summed E-state index contributed by atoms with van der Waals surface area (Å²) in [5, 5.41) is 7.50. The van der Waals surface area contributed by atoms with Gasteiger partial charge in [0.2, 0.25) is 0 Å². The first kappa shape index (κ1) is 16.5. The van der Waals surface area contributed by atoms with E-state index in [1.807, 2.05) is 35.9 Å². The molecule has 0 unspecified atom stereocenters. The van der Waals surface area contributed by atoms with E-state index in [0.717, 1.165) is 36.3 Å². The zero-order valence-corrected chi connectivity index (χ0v) is 14.5. The van der Waals surface area contributed by atoms with Gasteiger partial charge in [0.25, 0.3) is 5.91 Å². The predicted molar refractivity (Wildman–Crippen MR) is 96.1 cm³/mol. The molecule has 0 radical (unpaired) electrons. The van der Waals surface area contributed by atoms with Crippen LogP contribution in [0.4, 0.5) is 0 Å². The lowest BCUT2D eigenvalue weighted by molar-refractivity contribution is 0.0956. The van der Waals surface area contributed by atoms with Gasteiger partial charge in [0.05, 0.1) is 12.2 Å². The molecule has 1 N–H and O–H groups in total. The molecule has 0 atom stereocenters. The Labute approximate surface area is 143 Å². The minimum Gasteiger partial charge on any atom is -0.348 e. The van der Waals surface area contributed by atoms with E-state index in [-0.39, 0.29) is 5.91 Å². The maximum Gasteiger partial charge on any atom is 0.251 e. The normalized spacial score (nSPS) is 14.3. The van der Waals surface area contributed by atoms with Crippen molar-refractivity contribution in [2.24, 2.45) is 0 Å². The van der Waals surface area contributed by atoms with Crippen molar-refractivity contribution in [1.82, 2.24) is 15.1 Å². The number of hydrogen-bond donors (Lipinski definition) is 1. The Bertz CT molecular complexity index is 741. The molecule has 3 rings (SSSR count). The van der Waals surface area contributed by atoms with Crippen LogP contribution in [0.1, 0.15) is 53.0 Å². The molecule has 1 aliphatic carbocycles. The van der Waals surface area contributed by atoms with Crippen LogP contribution in [0.3, 0.4) is 0 Å². The van der Waals surface area contributed by atoms with Gasteiger partial charge < -0.3 is 5.32 Å². The smallest absolute Gasteiger partial charge is 0.251 e. The van der Waals surface area contributed by atoms with Crippen LogP contribution >= 0.6 is 0 Å². The third-order valence-corrected chi connectivity index (χ3v) is 4.51. The summed E-state index contributed by atoms with van der Waals surface area (Å²) in [6.07, 6.45) is 7.03. The van der Waals surface area contributed by atoms with Gasteiger partial charge in [0.15, 0.2) is 0 Å². The number of amides is 1. The van der Waals surface area contributed by atoms with E-state index < -0.39 is 0 Å². The zero-order chi connectivity index (χ0) is 16.9. The third-order valence-electron chi connectivity index (χ3n) is 4.51. The molecule has 0 saturated carbocycles. The van der Waals surface area contributed by atoms with Crippen LogP contribution in [-0.2, 0) is 6.54 Å². The Balaban J connectivity index is 1.58. The number of carbonyl (C=O) groups excluding carboxylic acids is 1. The summed E-state index contributed by atoms with van der Waals surface area (Å²) in [6, 6.07) is 9.87. The number of aromatic nitrogens is 2. The first-order chi connectivity index (χ1) is 11.6. The molecular weight excluding hydrogens is 298 g/mol. The lowest BCUT2D eigenvalue weighted by Crippen LogP contribution is -2.26. The van der Waals surface area contributed by atoms with Crippen LogP contribution < -0.4 is 5.32 Å². The molecule has 0 fully saturated rings. The molecule has 1 amide bonds. The van der Waals surface area contributed by atoms with Gasteiger partial charge in [-0.2, -0.15) is 5.10 Å². The lowest BCUT2D eigenvalue weighted by Gasteiger charge is -2.13. The van der Waals surface area contributed by atoms with E-state index in [0.29, 0.717) is 12.1 Å². The van der Waals surface area contributed by atoms with E-state index in [4.69, 9.17) is 0 Å². The van der Waals surface area contributed by atoms with Crippen molar-refractivity contribution in [3.63, 3.8) is 0 Å². The molecule has 1 aromatic heterocycles. The fourth-order valence-electron chi connectivity index (χ4n) is 3.13. The summed E-state index contributed by atoms with van der Waals surface area (Å²) >= 11 is 0. The van der Waals surface area contributed by atoms with Crippen molar-refractivity contribution in [1.29, 1.82) is 0 Å². The van der Waals surface area contributed by atoms with Crippen LogP contribution in [0.15, 0.2) is 42.0 Å². The van der Waals surface area contributed by atoms with Gasteiger partial charge in [0.1, 0.15) is 0 Å². The number of aryl methyl sites for hydroxylation is 2. The van der Waals surface area contributed by atoms with E-state index in [1.54, 1.807) is 0 Å². The zero-order valence-electron chi connectivity index (χ0n) is 14.5. The quantitative estimate of drug-likeness (QED) is 0.851. The van der Waals surface area contributed by atoms with Gasteiger partial charge in [0, 0.05) is 17.8 Å². The topological polar surface area (TPSA) is 46.9 Å². The highest BCUT2D eigenvalue weighted by atomic mass is 16.1. The molecule has 4 nitrogen and oxygen atoms in total. The number of allylic oxidation sites excluding steroid dienone is 1. The summed E-state index contributed by atoms with van der Waals surface area (Å²) < 4.78 is 1.99. The SMILES string of the molecule is Cc1cc(C)n(Cc2ccc(C(=O)NCC3=CCCCC3)cc2)n1. The Morgan fingerprint density at radius 3 is 2.62 bits per heavy atom. The van der Waals surface area contributed by atoms with E-state index >= 15 is 0 Å². The van der Waals surface area contributed by atoms with Crippen molar-refractivity contribution in [3.05, 3.63) is 64.5 Å². The fourth-order valence-corrected chi connectivity index (χ4v) is 3.13. The third kappa shape index (κ3) is 4.13. The standard InChI is InChI=1S/C20H25N3O/c1-15-12-16(2)23(22-15)14-18-8-10-19(11-9-18)20(24)21-13-17-6-4-3-5-7-17/h6,8-12H,3-5,7,13-14H2,1-2H3,(H,21,24). The van der Waals surface area contributed by atoms with Crippen LogP contribution in [0.2, 0.25) is 0 Å². The van der Waals surface area contributed by atoms with E-state index in [2.05, 4.69) is 29.5 Å². The molecular formula is C20H25N3O.